The second kappa shape index (κ2) is 7.23. The molecule has 1 heterocycles. The molecule has 0 unspecified atom stereocenters. The monoisotopic (exact) mass is 370 g/mol. The molecule has 0 saturated carbocycles. The average Bonchev–Trinajstić information content (AvgIpc) is 2.55. The number of carbonyl (C=O) groups excluding carboxylic acids is 2. The molecule has 126 valence electrons. The number of methoxy groups -OCH3 is 1. The molecule has 2 amide bonds. The molecule has 0 spiro atoms. The number of nitrogens with one attached hydrogen (secondary N) is 2. The van der Waals surface area contributed by atoms with E-state index in [4.69, 9.17) is 11.6 Å². The zero-order valence-corrected chi connectivity index (χ0v) is 13.8. The minimum absolute atomic E-state index is 0.145. The molecule has 1 aromatic heterocycles. The molecule has 0 fully saturated rings. The molecule has 0 aliphatic heterocycles. The second-order valence-corrected chi connectivity index (χ2v) is 6.36. The van der Waals surface area contributed by atoms with Crippen molar-refractivity contribution in [3.63, 3.8) is 0 Å². The van der Waals surface area contributed by atoms with Gasteiger partial charge in [0.05, 0.1) is 30.1 Å². The first-order valence-electron chi connectivity index (χ1n) is 6.32. The number of hydrogen-bond donors (Lipinski definition) is 2. The van der Waals surface area contributed by atoms with Crippen LogP contribution in [-0.2, 0) is 14.8 Å². The van der Waals surface area contributed by atoms with Gasteiger partial charge in [-0.1, -0.05) is 23.7 Å². The summed E-state index contributed by atoms with van der Waals surface area (Å²) < 4.78 is 30.8. The van der Waals surface area contributed by atoms with E-state index in [9.17, 15) is 18.0 Å². The van der Waals surface area contributed by atoms with E-state index in [-0.39, 0.29) is 16.5 Å². The van der Waals surface area contributed by atoms with Gasteiger partial charge >= 0.3 is 12.0 Å². The number of amides is 2. The fourth-order valence-electron chi connectivity index (χ4n) is 1.66. The van der Waals surface area contributed by atoms with Gasteiger partial charge in [-0.25, -0.2) is 32.7 Å². The zero-order valence-electron chi connectivity index (χ0n) is 12.2. The third-order valence-corrected chi connectivity index (χ3v) is 4.24. The second-order valence-electron chi connectivity index (χ2n) is 4.27. The largest absolute Gasteiger partial charge is 0.465 e. The molecule has 2 N–H and O–H groups in total. The van der Waals surface area contributed by atoms with Crippen molar-refractivity contribution < 1.29 is 22.7 Å². The van der Waals surface area contributed by atoms with Crippen LogP contribution in [0.1, 0.15) is 10.4 Å². The predicted octanol–water partition coefficient (Wildman–Crippen LogP) is 1.43. The van der Waals surface area contributed by atoms with Crippen LogP contribution in [-0.4, -0.2) is 37.5 Å². The van der Waals surface area contributed by atoms with E-state index >= 15 is 0 Å². The number of esters is 1. The Kier molecular flexibility index (Phi) is 5.31. The van der Waals surface area contributed by atoms with Gasteiger partial charge in [0.1, 0.15) is 4.90 Å². The lowest BCUT2D eigenvalue weighted by atomic mass is 10.2. The summed E-state index contributed by atoms with van der Waals surface area (Å²) in [5, 5.41) is 2.38. The summed E-state index contributed by atoms with van der Waals surface area (Å²) in [6.45, 7) is 0. The lowest BCUT2D eigenvalue weighted by Crippen LogP contribution is -2.35. The van der Waals surface area contributed by atoms with E-state index in [2.05, 4.69) is 20.0 Å². The van der Waals surface area contributed by atoms with Crippen molar-refractivity contribution in [2.45, 2.75) is 4.90 Å². The number of anilines is 1. The van der Waals surface area contributed by atoms with Gasteiger partial charge in [-0.2, -0.15) is 0 Å². The van der Waals surface area contributed by atoms with Gasteiger partial charge in [0, 0.05) is 0 Å². The normalized spacial score (nSPS) is 10.8. The number of aromatic nitrogens is 2. The Bertz CT molecular complexity index is 870. The number of sulfonamides is 1. The molecule has 0 atom stereocenters. The van der Waals surface area contributed by atoms with Crippen LogP contribution in [0.3, 0.4) is 0 Å². The van der Waals surface area contributed by atoms with Crippen LogP contribution in [0, 0.1) is 0 Å². The number of urea groups is 1. The van der Waals surface area contributed by atoms with E-state index in [1.165, 1.54) is 36.7 Å². The van der Waals surface area contributed by atoms with Gasteiger partial charge in [-0.15, -0.1) is 0 Å². The lowest BCUT2D eigenvalue weighted by Gasteiger charge is -2.10. The zero-order chi connectivity index (χ0) is 17.7. The summed E-state index contributed by atoms with van der Waals surface area (Å²) in [5.74, 6) is -0.995. The Morgan fingerprint density at radius 3 is 2.42 bits per heavy atom. The summed E-state index contributed by atoms with van der Waals surface area (Å²) >= 11 is 5.60. The topological polar surface area (TPSA) is 127 Å². The molecular formula is C13H11ClN4O5S. The van der Waals surface area contributed by atoms with Gasteiger partial charge in [-0.05, 0) is 12.1 Å². The quantitative estimate of drug-likeness (QED) is 0.779. The number of hydrogen-bond acceptors (Lipinski definition) is 7. The minimum atomic E-state index is -4.32. The van der Waals surface area contributed by atoms with Crippen molar-refractivity contribution in [3.05, 3.63) is 47.2 Å². The third kappa shape index (κ3) is 4.18. The average molecular weight is 371 g/mol. The molecular weight excluding hydrogens is 360 g/mol. The first-order valence-corrected chi connectivity index (χ1v) is 8.18. The Morgan fingerprint density at radius 2 is 1.79 bits per heavy atom. The Labute approximate surface area is 142 Å². The number of benzene rings is 1. The summed E-state index contributed by atoms with van der Waals surface area (Å²) in [6.07, 6.45) is 2.45. The van der Waals surface area contributed by atoms with Crippen molar-refractivity contribution in [2.24, 2.45) is 0 Å². The van der Waals surface area contributed by atoms with Gasteiger partial charge < -0.3 is 4.74 Å². The number of nitrogens with zero attached hydrogens (tertiary/aromatic N) is 2. The van der Waals surface area contributed by atoms with Gasteiger partial charge in [0.2, 0.25) is 5.95 Å². The highest BCUT2D eigenvalue weighted by atomic mass is 35.5. The standard InChI is InChI=1S/C13H11ClN4O5S/c1-23-11(19)9-4-2-3-5-10(9)24(21,22)18-13(20)17-12-15-6-8(14)7-16-12/h2-7H,1H3,(H2,15,16,17,18,20). The van der Waals surface area contributed by atoms with Crippen LogP contribution in [0.25, 0.3) is 0 Å². The van der Waals surface area contributed by atoms with E-state index in [0.29, 0.717) is 0 Å². The van der Waals surface area contributed by atoms with Crippen LogP contribution < -0.4 is 10.0 Å². The smallest absolute Gasteiger partial charge is 0.339 e. The molecule has 24 heavy (non-hydrogen) atoms. The Morgan fingerprint density at radius 1 is 1.17 bits per heavy atom. The molecule has 11 heteroatoms. The maximum Gasteiger partial charge on any atom is 0.339 e. The minimum Gasteiger partial charge on any atom is -0.465 e. The van der Waals surface area contributed by atoms with Gasteiger partial charge in [-0.3, -0.25) is 5.32 Å². The third-order valence-electron chi connectivity index (χ3n) is 2.65. The van der Waals surface area contributed by atoms with Crippen LogP contribution in [0.2, 0.25) is 5.02 Å². The van der Waals surface area contributed by atoms with Crippen molar-refractivity contribution in [3.8, 4) is 0 Å². The predicted molar refractivity (Wildman–Crippen MR) is 84.2 cm³/mol. The van der Waals surface area contributed by atoms with E-state index in [0.717, 1.165) is 7.11 Å². The van der Waals surface area contributed by atoms with Gasteiger partial charge in [0.25, 0.3) is 10.0 Å². The maximum atomic E-state index is 12.3. The molecule has 0 radical (unpaired) electrons. The number of halogens is 1. The summed E-state index contributed by atoms with van der Waals surface area (Å²) in [7, 11) is -3.20. The number of ether oxygens (including phenoxy) is 1. The van der Waals surface area contributed by atoms with Crippen molar-refractivity contribution in [1.82, 2.24) is 14.7 Å². The highest BCUT2D eigenvalue weighted by Crippen LogP contribution is 2.16. The summed E-state index contributed by atoms with van der Waals surface area (Å²) in [6, 6.07) is 4.20. The fraction of sp³-hybridized carbons (Fsp3) is 0.0769. The Hall–Kier alpha value is -2.72. The van der Waals surface area contributed by atoms with Crippen LogP contribution >= 0.6 is 11.6 Å². The number of carbonyl (C=O) groups is 2. The SMILES string of the molecule is COC(=O)c1ccccc1S(=O)(=O)NC(=O)Nc1ncc(Cl)cn1. The highest BCUT2D eigenvalue weighted by molar-refractivity contribution is 7.90. The van der Waals surface area contributed by atoms with Crippen molar-refractivity contribution in [1.29, 1.82) is 0 Å². The molecule has 0 aliphatic carbocycles. The van der Waals surface area contributed by atoms with E-state index in [1.54, 1.807) is 4.72 Å². The Balaban J connectivity index is 2.21. The van der Waals surface area contributed by atoms with Crippen LogP contribution in [0.4, 0.5) is 10.7 Å². The van der Waals surface area contributed by atoms with E-state index in [1.807, 2.05) is 0 Å². The lowest BCUT2D eigenvalue weighted by molar-refractivity contribution is 0.0596. The summed E-state index contributed by atoms with van der Waals surface area (Å²) in [5.41, 5.74) is -0.206. The molecule has 0 bridgehead atoms. The first-order chi connectivity index (χ1) is 11.3. The van der Waals surface area contributed by atoms with Crippen molar-refractivity contribution >= 4 is 39.6 Å². The first kappa shape index (κ1) is 17.6. The van der Waals surface area contributed by atoms with E-state index < -0.39 is 26.9 Å². The van der Waals surface area contributed by atoms with Crippen molar-refractivity contribution in [2.75, 3.05) is 12.4 Å². The summed E-state index contributed by atoms with van der Waals surface area (Å²) in [4.78, 5) is 30.4. The highest BCUT2D eigenvalue weighted by Gasteiger charge is 2.24. The fourth-order valence-corrected chi connectivity index (χ4v) is 2.86. The van der Waals surface area contributed by atoms with Gasteiger partial charge in [0.15, 0.2) is 0 Å². The van der Waals surface area contributed by atoms with Crippen LogP contribution in [0.15, 0.2) is 41.6 Å². The molecule has 0 saturated heterocycles. The molecule has 2 aromatic rings. The van der Waals surface area contributed by atoms with Crippen LogP contribution in [0.5, 0.6) is 0 Å². The molecule has 9 nitrogen and oxygen atoms in total. The number of rotatable bonds is 4. The molecule has 1 aromatic carbocycles. The molecule has 2 rings (SSSR count). The molecule has 0 aliphatic rings. The maximum absolute atomic E-state index is 12.3.